The molecular weight excluding hydrogens is 359 g/mol. The Kier molecular flexibility index (Phi) is 4.28. The topological polar surface area (TPSA) is 78.4 Å². The lowest BCUT2D eigenvalue weighted by Crippen LogP contribution is -2.55. The summed E-state index contributed by atoms with van der Waals surface area (Å²) in [5, 5.41) is 14.4. The Labute approximate surface area is 124 Å². The van der Waals surface area contributed by atoms with Gasteiger partial charge in [-0.15, -0.1) is 0 Å². The Morgan fingerprint density at radius 1 is 1.26 bits per heavy atom. The molecule has 0 spiro atoms. The van der Waals surface area contributed by atoms with E-state index >= 15 is 0 Å². The maximum Gasteiger partial charge on any atom is 0.319 e. The number of anilines is 1. The molecule has 1 aliphatic rings. The van der Waals surface area contributed by atoms with Gasteiger partial charge in [-0.25, -0.2) is 4.79 Å². The summed E-state index contributed by atoms with van der Waals surface area (Å²) in [5.41, 5.74) is 0.127. The number of halogens is 1. The molecule has 19 heavy (non-hydrogen) atoms. The minimum absolute atomic E-state index is 0.0207. The molecule has 3 N–H and O–H groups in total. The quantitative estimate of drug-likeness (QED) is 0.710. The number of carbonyl (C=O) groups excluding carboxylic acids is 1. The van der Waals surface area contributed by atoms with Crippen molar-refractivity contribution >= 4 is 40.3 Å². The Hall–Kier alpha value is -1.31. The summed E-state index contributed by atoms with van der Waals surface area (Å²) >= 11 is 2.19. The van der Waals surface area contributed by atoms with Crippen molar-refractivity contribution in [1.29, 1.82) is 0 Å². The molecule has 0 aliphatic heterocycles. The van der Waals surface area contributed by atoms with E-state index in [9.17, 15) is 9.59 Å². The minimum atomic E-state index is -0.880. The number of carboxylic acids is 1. The maximum atomic E-state index is 11.9. The first-order chi connectivity index (χ1) is 8.99. The van der Waals surface area contributed by atoms with Crippen LogP contribution < -0.4 is 10.6 Å². The summed E-state index contributed by atoms with van der Waals surface area (Å²) in [6, 6.07) is 7.07. The summed E-state index contributed by atoms with van der Waals surface area (Å²) < 4.78 is 1.09. The van der Waals surface area contributed by atoms with E-state index in [0.717, 1.165) is 22.8 Å². The van der Waals surface area contributed by atoms with E-state index in [4.69, 9.17) is 5.11 Å². The zero-order valence-corrected chi connectivity index (χ0v) is 12.4. The molecule has 5 nitrogen and oxygen atoms in total. The highest BCUT2D eigenvalue weighted by Crippen LogP contribution is 2.34. The van der Waals surface area contributed by atoms with Gasteiger partial charge in [0.25, 0.3) is 0 Å². The lowest BCUT2D eigenvalue weighted by atomic mass is 9.74. The summed E-state index contributed by atoms with van der Waals surface area (Å²) in [5.74, 6) is -0.880. The molecule has 1 aromatic carbocycles. The zero-order chi connectivity index (χ0) is 13.9. The molecule has 0 aromatic heterocycles. The normalized spacial score (nSPS) is 16.3. The van der Waals surface area contributed by atoms with Gasteiger partial charge in [-0.05, 0) is 66.1 Å². The molecule has 0 heterocycles. The number of aliphatic carboxylic acids is 1. The molecule has 1 aliphatic carbocycles. The number of hydrogen-bond acceptors (Lipinski definition) is 2. The predicted molar refractivity (Wildman–Crippen MR) is 80.1 cm³/mol. The molecule has 1 aromatic rings. The molecule has 102 valence electrons. The molecule has 2 amide bonds. The van der Waals surface area contributed by atoms with Crippen LogP contribution >= 0.6 is 22.6 Å². The first-order valence-corrected chi connectivity index (χ1v) is 7.14. The van der Waals surface area contributed by atoms with Gasteiger partial charge in [0, 0.05) is 9.26 Å². The molecule has 1 fully saturated rings. The van der Waals surface area contributed by atoms with E-state index in [-0.39, 0.29) is 12.5 Å². The third-order valence-corrected chi connectivity index (χ3v) is 4.00. The van der Waals surface area contributed by atoms with Gasteiger partial charge in [0.2, 0.25) is 0 Å². The van der Waals surface area contributed by atoms with Crippen LogP contribution in [-0.2, 0) is 4.79 Å². The van der Waals surface area contributed by atoms with Crippen LogP contribution in [0.5, 0.6) is 0 Å². The summed E-state index contributed by atoms with van der Waals surface area (Å²) in [6.45, 7) is 0. The lowest BCUT2D eigenvalue weighted by Gasteiger charge is -2.41. The van der Waals surface area contributed by atoms with Crippen molar-refractivity contribution < 1.29 is 14.7 Å². The predicted octanol–water partition coefficient (Wildman–Crippen LogP) is 2.81. The van der Waals surface area contributed by atoms with E-state index in [1.807, 2.05) is 24.3 Å². The van der Waals surface area contributed by atoms with Crippen LogP contribution in [-0.4, -0.2) is 22.6 Å². The smallest absolute Gasteiger partial charge is 0.319 e. The van der Waals surface area contributed by atoms with E-state index in [2.05, 4.69) is 33.2 Å². The molecule has 2 rings (SSSR count). The van der Waals surface area contributed by atoms with E-state index in [1.165, 1.54) is 0 Å². The van der Waals surface area contributed by atoms with E-state index in [0.29, 0.717) is 5.69 Å². The van der Waals surface area contributed by atoms with Crippen LogP contribution in [0.25, 0.3) is 0 Å². The highest BCUT2D eigenvalue weighted by atomic mass is 127. The number of amides is 2. The Morgan fingerprint density at radius 2 is 1.89 bits per heavy atom. The van der Waals surface area contributed by atoms with Gasteiger partial charge < -0.3 is 15.7 Å². The molecule has 0 unspecified atom stereocenters. The fourth-order valence-electron chi connectivity index (χ4n) is 2.18. The second-order valence-electron chi connectivity index (χ2n) is 4.79. The van der Waals surface area contributed by atoms with Crippen molar-refractivity contribution in [2.75, 3.05) is 5.32 Å². The van der Waals surface area contributed by atoms with Crippen LogP contribution in [0.4, 0.5) is 10.5 Å². The molecular formula is C13H15IN2O3. The highest BCUT2D eigenvalue weighted by Gasteiger charge is 2.40. The van der Waals surface area contributed by atoms with Crippen molar-refractivity contribution in [2.24, 2.45) is 0 Å². The number of nitrogens with one attached hydrogen (secondary N) is 2. The van der Waals surface area contributed by atoms with E-state index < -0.39 is 11.5 Å². The molecule has 1 saturated carbocycles. The van der Waals surface area contributed by atoms with Gasteiger partial charge in [-0.2, -0.15) is 0 Å². The van der Waals surface area contributed by atoms with Gasteiger partial charge in [0.05, 0.1) is 12.0 Å². The average Bonchev–Trinajstić information content (AvgIpc) is 2.28. The summed E-state index contributed by atoms with van der Waals surface area (Å²) in [4.78, 5) is 22.7. The number of rotatable bonds is 4. The first-order valence-electron chi connectivity index (χ1n) is 6.06. The molecule has 0 saturated heterocycles. The van der Waals surface area contributed by atoms with Crippen LogP contribution in [0.1, 0.15) is 25.7 Å². The van der Waals surface area contributed by atoms with Crippen molar-refractivity contribution in [3.05, 3.63) is 27.8 Å². The van der Waals surface area contributed by atoms with E-state index in [1.54, 1.807) is 0 Å². The largest absolute Gasteiger partial charge is 0.481 e. The highest BCUT2D eigenvalue weighted by molar-refractivity contribution is 14.1. The zero-order valence-electron chi connectivity index (χ0n) is 10.3. The Morgan fingerprint density at radius 3 is 2.37 bits per heavy atom. The second-order valence-corrected chi connectivity index (χ2v) is 6.04. The van der Waals surface area contributed by atoms with Gasteiger partial charge in [-0.3, -0.25) is 4.79 Å². The number of hydrogen-bond donors (Lipinski definition) is 3. The lowest BCUT2D eigenvalue weighted by molar-refractivity contribution is -0.139. The van der Waals surface area contributed by atoms with Crippen LogP contribution in [0.3, 0.4) is 0 Å². The average molecular weight is 374 g/mol. The molecule has 0 bridgehead atoms. The van der Waals surface area contributed by atoms with Gasteiger partial charge in [0.15, 0.2) is 0 Å². The third-order valence-electron chi connectivity index (χ3n) is 3.28. The number of carboxylic acid groups (broad SMARTS) is 1. The second kappa shape index (κ2) is 5.77. The molecule has 0 atom stereocenters. The maximum absolute atomic E-state index is 11.9. The standard InChI is InChI=1S/C13H15IN2O3/c14-9-2-4-10(5-3-9)15-12(19)16-13(6-1-7-13)8-11(17)18/h2-5H,1,6-8H2,(H,17,18)(H2,15,16,19). The van der Waals surface area contributed by atoms with Crippen LogP contribution in [0.15, 0.2) is 24.3 Å². The van der Waals surface area contributed by atoms with Crippen molar-refractivity contribution in [2.45, 2.75) is 31.2 Å². The van der Waals surface area contributed by atoms with Crippen molar-refractivity contribution in [3.8, 4) is 0 Å². The van der Waals surface area contributed by atoms with Gasteiger partial charge >= 0.3 is 12.0 Å². The van der Waals surface area contributed by atoms with Gasteiger partial charge in [-0.1, -0.05) is 0 Å². The minimum Gasteiger partial charge on any atom is -0.481 e. The summed E-state index contributed by atoms with van der Waals surface area (Å²) in [6.07, 6.45) is 2.38. The SMILES string of the molecule is O=C(O)CC1(NC(=O)Nc2ccc(I)cc2)CCC1. The summed E-state index contributed by atoms with van der Waals surface area (Å²) in [7, 11) is 0. The van der Waals surface area contributed by atoms with Crippen molar-refractivity contribution in [3.63, 3.8) is 0 Å². The van der Waals surface area contributed by atoms with Gasteiger partial charge in [0.1, 0.15) is 0 Å². The first kappa shape index (κ1) is 14.1. The fraction of sp³-hybridized carbons (Fsp3) is 0.385. The number of benzene rings is 1. The van der Waals surface area contributed by atoms with Crippen molar-refractivity contribution in [1.82, 2.24) is 5.32 Å². The molecule has 0 radical (unpaired) electrons. The Bertz CT molecular complexity index is 483. The number of urea groups is 1. The monoisotopic (exact) mass is 374 g/mol. The fourth-order valence-corrected chi connectivity index (χ4v) is 2.53. The van der Waals surface area contributed by atoms with Crippen LogP contribution in [0, 0.1) is 3.57 Å². The number of carbonyl (C=O) groups is 2. The third kappa shape index (κ3) is 3.82. The Balaban J connectivity index is 1.93. The van der Waals surface area contributed by atoms with Crippen LogP contribution in [0.2, 0.25) is 0 Å². The molecule has 6 heteroatoms.